The first-order valence-corrected chi connectivity index (χ1v) is 8.05. The Hall–Kier alpha value is -1.75. The molecule has 3 N–H and O–H groups in total. The van der Waals surface area contributed by atoms with E-state index in [0.717, 1.165) is 37.1 Å². The molecule has 6 heteroatoms. The molecular weight excluding hydrogens is 314 g/mol. The third kappa shape index (κ3) is 5.43. The predicted molar refractivity (Wildman–Crippen MR) is 95.3 cm³/mol. The topological polar surface area (TPSA) is 70.2 Å². The lowest BCUT2D eigenvalue weighted by Gasteiger charge is -2.20. The highest BCUT2D eigenvalue weighted by Crippen LogP contribution is 2.25. The van der Waals surface area contributed by atoms with Crippen LogP contribution in [-0.4, -0.2) is 30.9 Å². The van der Waals surface area contributed by atoms with Gasteiger partial charge in [-0.15, -0.1) is 12.4 Å². The number of hydrogen-bond donors (Lipinski definition) is 3. The van der Waals surface area contributed by atoms with Crippen molar-refractivity contribution >= 4 is 29.9 Å². The summed E-state index contributed by atoms with van der Waals surface area (Å²) in [7, 11) is 0. The van der Waals surface area contributed by atoms with Crippen LogP contribution in [-0.2, 0) is 11.2 Å². The van der Waals surface area contributed by atoms with E-state index in [2.05, 4.69) is 16.0 Å². The van der Waals surface area contributed by atoms with Crippen molar-refractivity contribution in [3.8, 4) is 0 Å². The summed E-state index contributed by atoms with van der Waals surface area (Å²) in [6.45, 7) is 5.31. The fourth-order valence-electron chi connectivity index (χ4n) is 2.56. The summed E-state index contributed by atoms with van der Waals surface area (Å²) >= 11 is 0. The molecule has 0 fully saturated rings. The van der Waals surface area contributed by atoms with Crippen molar-refractivity contribution in [3.05, 3.63) is 29.3 Å². The summed E-state index contributed by atoms with van der Waals surface area (Å²) in [6, 6.07) is 5.92. The second kappa shape index (κ2) is 9.40. The Morgan fingerprint density at radius 2 is 2.13 bits per heavy atom. The molecule has 1 aliphatic heterocycles. The Labute approximate surface area is 144 Å². The maximum Gasteiger partial charge on any atom is 0.251 e. The Kier molecular flexibility index (Phi) is 7.89. The summed E-state index contributed by atoms with van der Waals surface area (Å²) in [5.74, 6) is -0.122. The molecule has 5 nitrogen and oxygen atoms in total. The zero-order valence-electron chi connectivity index (χ0n) is 13.8. The van der Waals surface area contributed by atoms with Crippen LogP contribution in [0.1, 0.15) is 49.0 Å². The van der Waals surface area contributed by atoms with Crippen LogP contribution in [0.2, 0.25) is 0 Å². The molecule has 1 atom stereocenters. The van der Waals surface area contributed by atoms with Gasteiger partial charge in [0.2, 0.25) is 5.91 Å². The summed E-state index contributed by atoms with van der Waals surface area (Å²) in [5, 5.41) is 9.05. The molecule has 0 bridgehead atoms. The third-order valence-electron chi connectivity index (χ3n) is 4.00. The molecule has 1 heterocycles. The van der Waals surface area contributed by atoms with Crippen LogP contribution in [0.15, 0.2) is 18.2 Å². The van der Waals surface area contributed by atoms with E-state index in [1.54, 1.807) is 0 Å². The van der Waals surface area contributed by atoms with Gasteiger partial charge in [-0.3, -0.25) is 9.59 Å². The van der Waals surface area contributed by atoms with E-state index in [4.69, 9.17) is 0 Å². The standard InChI is InChI=1S/C17H25N3O2.ClH/c1-3-12(2)20-16(21)9-11-19-17(22)14-6-4-8-15-13(14)7-5-10-18-15;/h4,6,8,12,18H,3,5,7,9-11H2,1-2H3,(H,19,22)(H,20,21);1H. The second-order valence-electron chi connectivity index (χ2n) is 5.74. The summed E-state index contributed by atoms with van der Waals surface area (Å²) in [4.78, 5) is 24.0. The van der Waals surface area contributed by atoms with Crippen LogP contribution in [0.3, 0.4) is 0 Å². The number of nitrogens with one attached hydrogen (secondary N) is 3. The molecule has 0 aliphatic carbocycles. The Morgan fingerprint density at radius 3 is 2.87 bits per heavy atom. The molecule has 1 aliphatic rings. The van der Waals surface area contributed by atoms with E-state index in [0.29, 0.717) is 18.5 Å². The van der Waals surface area contributed by atoms with Crippen molar-refractivity contribution in [2.24, 2.45) is 0 Å². The second-order valence-corrected chi connectivity index (χ2v) is 5.74. The van der Waals surface area contributed by atoms with Crippen molar-refractivity contribution in [1.82, 2.24) is 10.6 Å². The SMILES string of the molecule is CCC(C)NC(=O)CCNC(=O)c1cccc2c1CCCN2.Cl. The zero-order valence-corrected chi connectivity index (χ0v) is 14.6. The summed E-state index contributed by atoms with van der Waals surface area (Å²) < 4.78 is 0. The van der Waals surface area contributed by atoms with Gasteiger partial charge < -0.3 is 16.0 Å². The Balaban J connectivity index is 0.00000264. The number of rotatable bonds is 6. The van der Waals surface area contributed by atoms with E-state index >= 15 is 0 Å². The van der Waals surface area contributed by atoms with E-state index in [-0.39, 0.29) is 30.3 Å². The van der Waals surface area contributed by atoms with Gasteiger partial charge in [-0.2, -0.15) is 0 Å². The highest BCUT2D eigenvalue weighted by Gasteiger charge is 2.17. The molecule has 0 radical (unpaired) electrons. The van der Waals surface area contributed by atoms with Gasteiger partial charge in [-0.05, 0) is 43.9 Å². The quantitative estimate of drug-likeness (QED) is 0.745. The lowest BCUT2D eigenvalue weighted by atomic mass is 9.97. The van der Waals surface area contributed by atoms with E-state index < -0.39 is 0 Å². The minimum atomic E-state index is -0.100. The summed E-state index contributed by atoms with van der Waals surface area (Å²) in [5.41, 5.74) is 2.84. The molecular formula is C17H26ClN3O2. The highest BCUT2D eigenvalue weighted by molar-refractivity contribution is 5.97. The number of fused-ring (bicyclic) bond motifs is 1. The molecule has 1 unspecified atom stereocenters. The normalized spacial score (nSPS) is 13.8. The molecule has 23 heavy (non-hydrogen) atoms. The maximum atomic E-state index is 12.3. The van der Waals surface area contributed by atoms with Crippen LogP contribution in [0.4, 0.5) is 5.69 Å². The van der Waals surface area contributed by atoms with Gasteiger partial charge in [0.15, 0.2) is 0 Å². The van der Waals surface area contributed by atoms with Gasteiger partial charge in [0.1, 0.15) is 0 Å². The molecule has 1 aromatic rings. The van der Waals surface area contributed by atoms with Gasteiger partial charge in [0.25, 0.3) is 5.91 Å². The number of anilines is 1. The van der Waals surface area contributed by atoms with Crippen LogP contribution in [0.25, 0.3) is 0 Å². The fourth-order valence-corrected chi connectivity index (χ4v) is 2.56. The van der Waals surface area contributed by atoms with Crippen molar-refractivity contribution in [2.75, 3.05) is 18.4 Å². The van der Waals surface area contributed by atoms with Gasteiger partial charge in [-0.1, -0.05) is 13.0 Å². The number of benzene rings is 1. The van der Waals surface area contributed by atoms with Crippen molar-refractivity contribution < 1.29 is 9.59 Å². The first kappa shape index (κ1) is 19.3. The number of hydrogen-bond acceptors (Lipinski definition) is 3. The van der Waals surface area contributed by atoms with Crippen LogP contribution >= 0.6 is 12.4 Å². The predicted octanol–water partition coefficient (Wildman–Crippen LogP) is 2.50. The van der Waals surface area contributed by atoms with Gasteiger partial charge in [-0.25, -0.2) is 0 Å². The smallest absolute Gasteiger partial charge is 0.251 e. The largest absolute Gasteiger partial charge is 0.385 e. The molecule has 2 rings (SSSR count). The first-order valence-electron chi connectivity index (χ1n) is 8.05. The number of amides is 2. The third-order valence-corrected chi connectivity index (χ3v) is 4.00. The maximum absolute atomic E-state index is 12.3. The lowest BCUT2D eigenvalue weighted by molar-refractivity contribution is -0.121. The number of carbonyl (C=O) groups excluding carboxylic acids is 2. The number of halogens is 1. The van der Waals surface area contributed by atoms with E-state index in [1.807, 2.05) is 32.0 Å². The molecule has 0 spiro atoms. The van der Waals surface area contributed by atoms with Gasteiger partial charge in [0, 0.05) is 36.8 Å². The number of carbonyl (C=O) groups is 2. The minimum absolute atomic E-state index is 0. The monoisotopic (exact) mass is 339 g/mol. The first-order chi connectivity index (χ1) is 10.6. The summed E-state index contributed by atoms with van der Waals surface area (Å²) in [6.07, 6.45) is 3.17. The van der Waals surface area contributed by atoms with Crippen LogP contribution in [0, 0.1) is 0 Å². The fraction of sp³-hybridized carbons (Fsp3) is 0.529. The van der Waals surface area contributed by atoms with Gasteiger partial charge in [0.05, 0.1) is 0 Å². The van der Waals surface area contributed by atoms with E-state index in [1.165, 1.54) is 0 Å². The Morgan fingerprint density at radius 1 is 1.35 bits per heavy atom. The molecule has 0 aromatic heterocycles. The zero-order chi connectivity index (χ0) is 15.9. The van der Waals surface area contributed by atoms with Crippen molar-refractivity contribution in [2.45, 2.75) is 45.6 Å². The molecule has 1 aromatic carbocycles. The highest BCUT2D eigenvalue weighted by atomic mass is 35.5. The average molecular weight is 340 g/mol. The molecule has 0 saturated carbocycles. The van der Waals surface area contributed by atoms with Crippen molar-refractivity contribution in [3.63, 3.8) is 0 Å². The van der Waals surface area contributed by atoms with Crippen LogP contribution < -0.4 is 16.0 Å². The minimum Gasteiger partial charge on any atom is -0.385 e. The van der Waals surface area contributed by atoms with Crippen LogP contribution in [0.5, 0.6) is 0 Å². The van der Waals surface area contributed by atoms with E-state index in [9.17, 15) is 9.59 Å². The lowest BCUT2D eigenvalue weighted by Crippen LogP contribution is -2.35. The molecule has 128 valence electrons. The Bertz CT molecular complexity index is 549. The van der Waals surface area contributed by atoms with Crippen molar-refractivity contribution in [1.29, 1.82) is 0 Å². The molecule has 0 saturated heterocycles. The molecule has 2 amide bonds. The van der Waals surface area contributed by atoms with Gasteiger partial charge >= 0.3 is 0 Å². The average Bonchev–Trinajstić information content (AvgIpc) is 2.54.